The van der Waals surface area contributed by atoms with Crippen molar-refractivity contribution in [2.45, 2.75) is 44.1 Å². The Kier molecular flexibility index (Phi) is 4.89. The van der Waals surface area contributed by atoms with Crippen LogP contribution in [0.2, 0.25) is 0 Å². The monoisotopic (exact) mass is 424 g/mol. The summed E-state index contributed by atoms with van der Waals surface area (Å²) in [5, 5.41) is 7.98. The molecule has 0 radical (unpaired) electrons. The van der Waals surface area contributed by atoms with Gasteiger partial charge in [0, 0.05) is 24.1 Å². The highest BCUT2D eigenvalue weighted by atomic mass is 32.1. The minimum Gasteiger partial charge on any atom is -0.347 e. The number of carbonyl (C=O) groups is 2. The van der Waals surface area contributed by atoms with Crippen LogP contribution in [-0.2, 0) is 6.54 Å². The molecule has 2 heterocycles. The molecule has 148 valence electrons. The molecule has 29 heavy (non-hydrogen) atoms. The van der Waals surface area contributed by atoms with Gasteiger partial charge in [0.2, 0.25) is 0 Å². The summed E-state index contributed by atoms with van der Waals surface area (Å²) in [6.45, 7) is 0.394. The number of hydrogen-bond acceptors (Lipinski definition) is 6. The van der Waals surface area contributed by atoms with Gasteiger partial charge in [-0.05, 0) is 43.4 Å². The predicted octanol–water partition coefficient (Wildman–Crippen LogP) is 4.54. The van der Waals surface area contributed by atoms with Gasteiger partial charge < -0.3 is 10.6 Å². The highest BCUT2D eigenvalue weighted by Gasteiger charge is 2.28. The molecule has 2 aliphatic rings. The van der Waals surface area contributed by atoms with Gasteiger partial charge >= 0.3 is 0 Å². The van der Waals surface area contributed by atoms with E-state index in [4.69, 9.17) is 0 Å². The highest BCUT2D eigenvalue weighted by Crippen LogP contribution is 2.42. The zero-order chi connectivity index (χ0) is 19.8. The lowest BCUT2D eigenvalue weighted by molar-refractivity contribution is 0.0953. The zero-order valence-electron chi connectivity index (χ0n) is 15.7. The van der Waals surface area contributed by atoms with E-state index >= 15 is 0 Å². The van der Waals surface area contributed by atoms with Gasteiger partial charge in [0.15, 0.2) is 0 Å². The summed E-state index contributed by atoms with van der Waals surface area (Å²) in [6.07, 6.45) is 8.02. The van der Waals surface area contributed by atoms with Crippen molar-refractivity contribution in [3.8, 4) is 0 Å². The van der Waals surface area contributed by atoms with Crippen molar-refractivity contribution in [3.05, 3.63) is 62.0 Å². The molecule has 0 atom stereocenters. The molecular formula is C21H20N4O2S2. The molecule has 0 bridgehead atoms. The average molecular weight is 425 g/mol. The average Bonchev–Trinajstić information content (AvgIpc) is 3.66. The van der Waals surface area contributed by atoms with E-state index < -0.39 is 0 Å². The van der Waals surface area contributed by atoms with Crippen LogP contribution in [0.3, 0.4) is 0 Å². The molecule has 0 aliphatic heterocycles. The van der Waals surface area contributed by atoms with E-state index in [2.05, 4.69) is 20.6 Å². The van der Waals surface area contributed by atoms with Gasteiger partial charge in [0.25, 0.3) is 11.8 Å². The number of thiazole rings is 2. The third kappa shape index (κ3) is 4.38. The van der Waals surface area contributed by atoms with Gasteiger partial charge in [0.1, 0.15) is 9.75 Å². The predicted molar refractivity (Wildman–Crippen MR) is 114 cm³/mol. The Morgan fingerprint density at radius 2 is 1.55 bits per heavy atom. The fourth-order valence-electron chi connectivity index (χ4n) is 3.04. The van der Waals surface area contributed by atoms with Crippen LogP contribution >= 0.6 is 22.7 Å². The van der Waals surface area contributed by atoms with Crippen molar-refractivity contribution in [1.82, 2.24) is 15.3 Å². The van der Waals surface area contributed by atoms with Crippen LogP contribution in [0.4, 0.5) is 5.69 Å². The Labute approximate surface area is 176 Å². The van der Waals surface area contributed by atoms with Crippen molar-refractivity contribution >= 4 is 40.2 Å². The summed E-state index contributed by atoms with van der Waals surface area (Å²) in [4.78, 5) is 34.8. The Hall–Kier alpha value is -2.58. The molecule has 0 unspecified atom stereocenters. The Morgan fingerprint density at radius 1 is 0.931 bits per heavy atom. The number of aromatic nitrogens is 2. The number of nitrogens with one attached hydrogen (secondary N) is 2. The van der Waals surface area contributed by atoms with Crippen LogP contribution in [-0.4, -0.2) is 21.8 Å². The van der Waals surface area contributed by atoms with E-state index in [9.17, 15) is 9.59 Å². The van der Waals surface area contributed by atoms with E-state index in [-0.39, 0.29) is 11.8 Å². The van der Waals surface area contributed by atoms with Crippen LogP contribution in [0.25, 0.3) is 0 Å². The lowest BCUT2D eigenvalue weighted by Crippen LogP contribution is -2.22. The fourth-order valence-corrected chi connectivity index (χ4v) is 5.03. The van der Waals surface area contributed by atoms with Crippen LogP contribution in [0.15, 0.2) is 36.7 Å². The number of benzene rings is 1. The number of anilines is 1. The van der Waals surface area contributed by atoms with Crippen LogP contribution in [0, 0.1) is 0 Å². The summed E-state index contributed by atoms with van der Waals surface area (Å²) >= 11 is 2.95. The molecule has 0 saturated heterocycles. The van der Waals surface area contributed by atoms with E-state index in [1.165, 1.54) is 48.4 Å². The summed E-state index contributed by atoms with van der Waals surface area (Å²) in [7, 11) is 0. The fraction of sp³-hybridized carbons (Fsp3) is 0.333. The highest BCUT2D eigenvalue weighted by molar-refractivity contribution is 7.14. The molecule has 8 heteroatoms. The maximum atomic E-state index is 12.5. The van der Waals surface area contributed by atoms with Gasteiger partial charge in [-0.25, -0.2) is 9.97 Å². The number of hydrogen-bond donors (Lipinski definition) is 2. The summed E-state index contributed by atoms with van der Waals surface area (Å²) in [6, 6.07) is 7.52. The van der Waals surface area contributed by atoms with Crippen molar-refractivity contribution in [2.24, 2.45) is 0 Å². The second kappa shape index (κ2) is 7.68. The topological polar surface area (TPSA) is 84.0 Å². The van der Waals surface area contributed by atoms with Crippen LogP contribution in [0.5, 0.6) is 0 Å². The molecular weight excluding hydrogens is 404 g/mol. The minimum atomic E-state index is -0.146. The summed E-state index contributed by atoms with van der Waals surface area (Å²) in [5.74, 6) is 0.849. The zero-order valence-corrected chi connectivity index (χ0v) is 17.3. The van der Waals surface area contributed by atoms with Crippen molar-refractivity contribution in [3.63, 3.8) is 0 Å². The minimum absolute atomic E-state index is 0.110. The van der Waals surface area contributed by atoms with Gasteiger partial charge in [-0.2, -0.15) is 0 Å². The van der Waals surface area contributed by atoms with Gasteiger partial charge in [-0.3, -0.25) is 9.59 Å². The lowest BCUT2D eigenvalue weighted by atomic mass is 10.2. The molecule has 2 aliphatic carbocycles. The number of nitrogens with zero attached hydrogens (tertiary/aromatic N) is 2. The number of rotatable bonds is 7. The summed E-state index contributed by atoms with van der Waals surface area (Å²) in [5.41, 5.74) is 1.63. The normalized spacial score (nSPS) is 15.9. The number of amides is 2. The molecule has 6 nitrogen and oxygen atoms in total. The Morgan fingerprint density at radius 3 is 2.17 bits per heavy atom. The van der Waals surface area contributed by atoms with Crippen molar-refractivity contribution in [1.29, 1.82) is 0 Å². The second-order valence-corrected chi connectivity index (χ2v) is 9.64. The second-order valence-electron chi connectivity index (χ2n) is 7.51. The molecule has 2 saturated carbocycles. The van der Waals surface area contributed by atoms with Gasteiger partial charge in [0.05, 0.1) is 22.4 Å². The summed E-state index contributed by atoms with van der Waals surface area (Å²) < 4.78 is 0. The maximum absolute atomic E-state index is 12.5. The van der Waals surface area contributed by atoms with Crippen molar-refractivity contribution < 1.29 is 9.59 Å². The largest absolute Gasteiger partial charge is 0.347 e. The van der Waals surface area contributed by atoms with E-state index in [1.807, 2.05) is 24.3 Å². The van der Waals surface area contributed by atoms with Gasteiger partial charge in [-0.15, -0.1) is 22.7 Å². The molecule has 3 aromatic rings. The molecule has 0 spiro atoms. The third-order valence-electron chi connectivity index (χ3n) is 4.99. The first kappa shape index (κ1) is 18.4. The third-order valence-corrected chi connectivity index (χ3v) is 7.30. The standard InChI is InChI=1S/C21H20N4O2S2/c26-18(16-10-23-20(28-16)13-4-5-13)22-9-12-2-1-3-15(8-12)25-19(27)17-11-24-21(29-17)14-6-7-14/h1-3,8,10-11,13-14H,4-7,9H2,(H,22,26)(H,25,27). The first-order chi connectivity index (χ1) is 14.2. The molecule has 5 rings (SSSR count). The van der Waals surface area contributed by atoms with E-state index in [0.717, 1.165) is 15.6 Å². The van der Waals surface area contributed by atoms with Crippen molar-refractivity contribution in [2.75, 3.05) is 5.32 Å². The quantitative estimate of drug-likeness (QED) is 0.583. The molecule has 2 aromatic heterocycles. The smallest absolute Gasteiger partial charge is 0.267 e. The molecule has 2 N–H and O–H groups in total. The van der Waals surface area contributed by atoms with E-state index in [1.54, 1.807) is 12.4 Å². The maximum Gasteiger partial charge on any atom is 0.267 e. The Balaban J connectivity index is 1.18. The first-order valence-corrected chi connectivity index (χ1v) is 11.4. The number of carbonyl (C=O) groups excluding carboxylic acids is 2. The first-order valence-electron chi connectivity index (χ1n) is 9.75. The molecule has 2 amide bonds. The Bertz CT molecular complexity index is 1070. The van der Waals surface area contributed by atoms with Gasteiger partial charge in [-0.1, -0.05) is 12.1 Å². The van der Waals surface area contributed by atoms with Crippen LogP contribution in [0.1, 0.15) is 72.4 Å². The SMILES string of the molecule is O=C(NCc1cccc(NC(=O)c2cnc(C3CC3)s2)c1)c1cnc(C2CC2)s1. The molecule has 2 fully saturated rings. The van der Waals surface area contributed by atoms with Crippen LogP contribution < -0.4 is 10.6 Å². The molecule has 1 aromatic carbocycles. The lowest BCUT2D eigenvalue weighted by Gasteiger charge is -2.07. The van der Waals surface area contributed by atoms with E-state index in [0.29, 0.717) is 33.8 Å².